The summed E-state index contributed by atoms with van der Waals surface area (Å²) in [4.78, 5) is 18.5. The summed E-state index contributed by atoms with van der Waals surface area (Å²) in [6, 6.07) is 57.3. The number of anilines is 11. The van der Waals surface area contributed by atoms with E-state index < -0.39 is 5.97 Å². The van der Waals surface area contributed by atoms with Gasteiger partial charge in [-0.1, -0.05) is 78.9 Å². The molecule has 0 unspecified atom stereocenters. The van der Waals surface area contributed by atoms with Crippen LogP contribution in [0.25, 0.3) is 0 Å². The number of phenols is 2. The van der Waals surface area contributed by atoms with E-state index in [2.05, 4.69) is 129 Å². The van der Waals surface area contributed by atoms with Crippen molar-refractivity contribution in [2.75, 3.05) is 50.7 Å². The minimum atomic E-state index is -0.999. The van der Waals surface area contributed by atoms with Gasteiger partial charge in [-0.15, -0.1) is 0 Å². The second kappa shape index (κ2) is 19.4. The van der Waals surface area contributed by atoms with Crippen molar-refractivity contribution in [1.82, 2.24) is 0 Å². The molecule has 0 amide bonds. The van der Waals surface area contributed by atoms with Crippen molar-refractivity contribution in [2.24, 2.45) is 0 Å². The van der Waals surface area contributed by atoms with Gasteiger partial charge in [0.25, 0.3) is 0 Å². The van der Waals surface area contributed by atoms with Crippen LogP contribution in [-0.2, 0) is 19.3 Å². The van der Waals surface area contributed by atoms with Gasteiger partial charge in [-0.3, -0.25) is 0 Å². The van der Waals surface area contributed by atoms with Crippen LogP contribution in [-0.4, -0.2) is 40.9 Å². The summed E-state index contributed by atoms with van der Waals surface area (Å²) in [5, 5.41) is 35.3. The number of aromatic carboxylic acids is 1. The second-order valence-corrected chi connectivity index (χ2v) is 17.0. The lowest BCUT2D eigenvalue weighted by molar-refractivity contribution is 0.0698. The number of para-hydroxylation sites is 3. The van der Waals surface area contributed by atoms with Gasteiger partial charge in [0.2, 0.25) is 0 Å². The molecule has 336 valence electrons. The molecule has 0 saturated heterocycles. The largest absolute Gasteiger partial charge is 0.508 e. The van der Waals surface area contributed by atoms with E-state index in [1.807, 2.05) is 43.3 Å². The Kier molecular flexibility index (Phi) is 12.7. The summed E-state index contributed by atoms with van der Waals surface area (Å²) >= 11 is 0. The fourth-order valence-electron chi connectivity index (χ4n) is 9.00. The van der Waals surface area contributed by atoms with Crippen molar-refractivity contribution in [2.45, 2.75) is 33.1 Å². The number of carboxylic acids is 1. The van der Waals surface area contributed by atoms with Crippen LogP contribution in [0.3, 0.4) is 0 Å². The zero-order chi connectivity index (χ0) is 46.4. The number of carboxylic acid groups (broad SMARTS) is 1. The third-order valence-corrected chi connectivity index (χ3v) is 12.6. The normalized spacial score (nSPS) is 13.1. The van der Waals surface area contributed by atoms with Gasteiger partial charge in [0.15, 0.2) is 0 Å². The first-order valence-electron chi connectivity index (χ1n) is 22.6. The number of hydrogen-bond acceptors (Lipinski definition) is 9. The van der Waals surface area contributed by atoms with E-state index in [1.165, 1.54) is 45.0 Å². The molecule has 10 nitrogen and oxygen atoms in total. The predicted octanol–water partition coefficient (Wildman–Crippen LogP) is 12.9. The first-order valence-corrected chi connectivity index (χ1v) is 22.6. The maximum absolute atomic E-state index is 11.6. The highest BCUT2D eigenvalue weighted by molar-refractivity contribution is 5.96. The van der Waals surface area contributed by atoms with E-state index in [4.69, 9.17) is 5.73 Å². The van der Waals surface area contributed by atoms with Crippen molar-refractivity contribution in [3.05, 3.63) is 209 Å². The summed E-state index contributed by atoms with van der Waals surface area (Å²) in [5.41, 5.74) is 23.6. The van der Waals surface area contributed by atoms with Gasteiger partial charge in [-0.25, -0.2) is 4.79 Å². The van der Waals surface area contributed by atoms with Crippen LogP contribution in [0.5, 0.6) is 11.5 Å². The highest BCUT2D eigenvalue weighted by Gasteiger charge is 2.23. The highest BCUT2D eigenvalue weighted by atomic mass is 16.4. The summed E-state index contributed by atoms with van der Waals surface area (Å²) in [5.74, 6) is -0.611. The van der Waals surface area contributed by atoms with Crippen molar-refractivity contribution in [3.63, 3.8) is 0 Å². The first kappa shape index (κ1) is 43.9. The van der Waals surface area contributed by atoms with E-state index in [1.54, 1.807) is 42.5 Å². The Hall–Kier alpha value is -8.37. The lowest BCUT2D eigenvalue weighted by Crippen LogP contribution is -2.14. The van der Waals surface area contributed by atoms with Crippen molar-refractivity contribution in [3.8, 4) is 11.5 Å². The molecular weight excluding hydrogens is 833 g/mol. The predicted molar refractivity (Wildman–Crippen MR) is 274 cm³/mol. The van der Waals surface area contributed by atoms with Crippen LogP contribution in [0, 0.1) is 13.8 Å². The maximum Gasteiger partial charge on any atom is 0.337 e. The standard InChI is InChI=1S/C21H18N2O3.C21H20N2O.C15H16N2/c24-17-6-3-5-15(12-17)22-19-13-16(8-9-18(19)21(25)26)23-11-10-14-4-1-2-7-20(14)23;1-15-9-10-18(23-12-11-16-5-2-3-8-21(16)23)14-20(15)22-17-6-4-7-19(24)13-17;1-11-6-7-13(10-14(11)16)17-9-8-12-4-2-3-5-15(12)17/h1-9,12-13,22,24H,10-11H2,(H,25,26);2-10,13-14,22,24H,11-12H2,1H3;2-7,10H,8-9,16H2,1H3. The molecule has 67 heavy (non-hydrogen) atoms. The third kappa shape index (κ3) is 9.84. The summed E-state index contributed by atoms with van der Waals surface area (Å²) in [6.07, 6.45) is 3.16. The summed E-state index contributed by atoms with van der Waals surface area (Å²) in [7, 11) is 0. The summed E-state index contributed by atoms with van der Waals surface area (Å²) < 4.78 is 0. The third-order valence-electron chi connectivity index (χ3n) is 12.6. The molecule has 0 spiro atoms. The van der Waals surface area contributed by atoms with Gasteiger partial charge in [-0.2, -0.15) is 0 Å². The van der Waals surface area contributed by atoms with E-state index in [-0.39, 0.29) is 17.1 Å². The smallest absolute Gasteiger partial charge is 0.337 e. The SMILES string of the molecule is Cc1ccc(N2CCc3ccccc32)cc1N.Cc1ccc(N2CCc3ccccc32)cc1Nc1cccc(O)c1.O=C(O)c1ccc(N2CCc3ccccc32)cc1Nc1cccc(O)c1. The number of aromatic hydroxyl groups is 2. The minimum absolute atomic E-state index is 0.122. The Morgan fingerprint density at radius 2 is 0.896 bits per heavy atom. The van der Waals surface area contributed by atoms with Gasteiger partial charge in [0.05, 0.1) is 11.3 Å². The Labute approximate surface area is 391 Å². The van der Waals surface area contributed by atoms with E-state index in [0.717, 1.165) is 72.9 Å². The quantitative estimate of drug-likeness (QED) is 0.0818. The van der Waals surface area contributed by atoms with Gasteiger partial charge >= 0.3 is 5.97 Å². The van der Waals surface area contributed by atoms with Crippen molar-refractivity contribution in [1.29, 1.82) is 0 Å². The minimum Gasteiger partial charge on any atom is -0.508 e. The number of hydrogen-bond donors (Lipinski definition) is 6. The molecular formula is C57H54N6O4. The molecule has 8 aromatic carbocycles. The monoisotopic (exact) mass is 886 g/mol. The number of aryl methyl sites for hydroxylation is 2. The lowest BCUT2D eigenvalue weighted by atomic mass is 10.1. The molecule has 7 N–H and O–H groups in total. The second-order valence-electron chi connectivity index (χ2n) is 17.0. The summed E-state index contributed by atoms with van der Waals surface area (Å²) in [6.45, 7) is 7.04. The molecule has 3 aliphatic heterocycles. The number of nitrogens with one attached hydrogen (secondary N) is 2. The topological polar surface area (TPSA) is 138 Å². The molecule has 0 atom stereocenters. The molecule has 0 aromatic heterocycles. The highest BCUT2D eigenvalue weighted by Crippen LogP contribution is 2.39. The van der Waals surface area contributed by atoms with Crippen LogP contribution in [0.4, 0.5) is 62.6 Å². The number of carbonyl (C=O) groups is 1. The average molecular weight is 887 g/mol. The van der Waals surface area contributed by atoms with Crippen LogP contribution < -0.4 is 31.1 Å². The maximum atomic E-state index is 11.6. The van der Waals surface area contributed by atoms with Gasteiger partial charge in [-0.05, 0) is 146 Å². The zero-order valence-electron chi connectivity index (χ0n) is 37.7. The molecule has 10 heteroatoms. The van der Waals surface area contributed by atoms with Gasteiger partial charge in [0, 0.05) is 88.6 Å². The number of nitrogen functional groups attached to an aromatic ring is 1. The molecule has 0 radical (unpaired) electrons. The van der Waals surface area contributed by atoms with Crippen LogP contribution >= 0.6 is 0 Å². The Balaban J connectivity index is 0.000000129. The number of fused-ring (bicyclic) bond motifs is 3. The van der Waals surface area contributed by atoms with E-state index in [9.17, 15) is 20.1 Å². The molecule has 8 aromatic rings. The zero-order valence-corrected chi connectivity index (χ0v) is 37.7. The van der Waals surface area contributed by atoms with E-state index >= 15 is 0 Å². The average Bonchev–Trinajstić information content (AvgIpc) is 4.09. The molecule has 11 rings (SSSR count). The van der Waals surface area contributed by atoms with Crippen LogP contribution in [0.1, 0.15) is 38.2 Å². The molecule has 3 aliphatic rings. The number of rotatable bonds is 8. The van der Waals surface area contributed by atoms with E-state index in [0.29, 0.717) is 11.4 Å². The van der Waals surface area contributed by atoms with Crippen LogP contribution in [0.15, 0.2) is 176 Å². The van der Waals surface area contributed by atoms with Crippen LogP contribution in [0.2, 0.25) is 0 Å². The molecule has 0 saturated carbocycles. The van der Waals surface area contributed by atoms with Crippen molar-refractivity contribution < 1.29 is 20.1 Å². The molecule has 0 bridgehead atoms. The van der Waals surface area contributed by atoms with Gasteiger partial charge < -0.3 is 46.4 Å². The Morgan fingerprint density at radius 3 is 1.36 bits per heavy atom. The lowest BCUT2D eigenvalue weighted by Gasteiger charge is -2.21. The fraction of sp³-hybridized carbons (Fsp3) is 0.140. The molecule has 0 aliphatic carbocycles. The Bertz CT molecular complexity index is 3080. The number of nitrogens with zero attached hydrogens (tertiary/aromatic N) is 3. The number of phenolic OH excluding ortho intramolecular Hbond substituents is 2. The molecule has 3 heterocycles. The Morgan fingerprint density at radius 1 is 0.478 bits per heavy atom. The van der Waals surface area contributed by atoms with Crippen molar-refractivity contribution >= 4 is 68.5 Å². The number of nitrogens with two attached hydrogens (primary N) is 1. The van der Waals surface area contributed by atoms with Gasteiger partial charge in [0.1, 0.15) is 11.5 Å². The number of benzene rings is 8. The fourth-order valence-corrected chi connectivity index (χ4v) is 9.00. The molecule has 0 fully saturated rings. The first-order chi connectivity index (χ1) is 32.6.